The predicted octanol–water partition coefficient (Wildman–Crippen LogP) is 3.88. The number of urea groups is 1. The fourth-order valence-corrected chi connectivity index (χ4v) is 3.70. The van der Waals surface area contributed by atoms with Crippen molar-refractivity contribution in [1.29, 1.82) is 0 Å². The SMILES string of the molecule is CN(C)C1CC(CNC(=O)Nc2ccccc2-c2cccs2)C1. The summed E-state index contributed by atoms with van der Waals surface area (Å²) in [5.74, 6) is 0.598. The minimum absolute atomic E-state index is 0.123. The van der Waals surface area contributed by atoms with Crippen LogP contribution in [-0.4, -0.2) is 37.6 Å². The Kier molecular flexibility index (Phi) is 4.98. The first-order chi connectivity index (χ1) is 11.1. The number of nitrogens with one attached hydrogen (secondary N) is 2. The molecule has 4 nitrogen and oxygen atoms in total. The van der Waals surface area contributed by atoms with Gasteiger partial charge in [-0.1, -0.05) is 24.3 Å². The van der Waals surface area contributed by atoms with Crippen molar-refractivity contribution in [3.63, 3.8) is 0 Å². The summed E-state index contributed by atoms with van der Waals surface area (Å²) >= 11 is 1.67. The first-order valence-corrected chi connectivity index (χ1v) is 8.85. The lowest BCUT2D eigenvalue weighted by molar-refractivity contribution is 0.124. The summed E-state index contributed by atoms with van der Waals surface area (Å²) in [5.41, 5.74) is 1.92. The van der Waals surface area contributed by atoms with Crippen molar-refractivity contribution in [1.82, 2.24) is 10.2 Å². The van der Waals surface area contributed by atoms with Crippen LogP contribution in [0.15, 0.2) is 41.8 Å². The van der Waals surface area contributed by atoms with Crippen LogP contribution < -0.4 is 10.6 Å². The van der Waals surface area contributed by atoms with Crippen molar-refractivity contribution in [3.05, 3.63) is 41.8 Å². The van der Waals surface area contributed by atoms with E-state index in [4.69, 9.17) is 0 Å². The van der Waals surface area contributed by atoms with Crippen molar-refractivity contribution in [2.75, 3.05) is 26.0 Å². The molecule has 2 aromatic rings. The highest BCUT2D eigenvalue weighted by Gasteiger charge is 2.30. The third kappa shape index (κ3) is 3.92. The molecule has 1 saturated carbocycles. The van der Waals surface area contributed by atoms with E-state index in [1.807, 2.05) is 35.7 Å². The topological polar surface area (TPSA) is 44.4 Å². The third-order valence-corrected chi connectivity index (χ3v) is 5.36. The molecule has 1 heterocycles. The van der Waals surface area contributed by atoms with Crippen LogP contribution in [-0.2, 0) is 0 Å². The molecule has 1 aromatic heterocycles. The molecule has 1 aromatic carbocycles. The minimum Gasteiger partial charge on any atom is -0.338 e. The third-order valence-electron chi connectivity index (χ3n) is 4.45. The Morgan fingerprint density at radius 2 is 2.00 bits per heavy atom. The molecule has 0 radical (unpaired) electrons. The first kappa shape index (κ1) is 16.0. The smallest absolute Gasteiger partial charge is 0.319 e. The molecule has 23 heavy (non-hydrogen) atoms. The van der Waals surface area contributed by atoms with Gasteiger partial charge in [-0.3, -0.25) is 0 Å². The van der Waals surface area contributed by atoms with Crippen molar-refractivity contribution >= 4 is 23.1 Å². The Morgan fingerprint density at radius 1 is 1.22 bits per heavy atom. The Balaban J connectivity index is 1.53. The fourth-order valence-electron chi connectivity index (χ4n) is 2.93. The van der Waals surface area contributed by atoms with Crippen LogP contribution in [0.25, 0.3) is 10.4 Å². The molecular formula is C18H23N3OS. The maximum atomic E-state index is 12.2. The van der Waals surface area contributed by atoms with Gasteiger partial charge in [0.15, 0.2) is 0 Å². The molecule has 1 aliphatic rings. The maximum absolute atomic E-state index is 12.2. The number of para-hydroxylation sites is 1. The minimum atomic E-state index is -0.123. The Bertz CT molecular complexity index is 648. The number of rotatable bonds is 5. The maximum Gasteiger partial charge on any atom is 0.319 e. The fraction of sp³-hybridized carbons (Fsp3) is 0.389. The highest BCUT2D eigenvalue weighted by molar-refractivity contribution is 7.13. The van der Waals surface area contributed by atoms with E-state index in [1.165, 1.54) is 12.8 Å². The number of hydrogen-bond acceptors (Lipinski definition) is 3. The summed E-state index contributed by atoms with van der Waals surface area (Å²) in [4.78, 5) is 15.6. The van der Waals surface area contributed by atoms with Crippen molar-refractivity contribution in [2.45, 2.75) is 18.9 Å². The summed E-state index contributed by atoms with van der Waals surface area (Å²) in [6.45, 7) is 0.747. The van der Waals surface area contributed by atoms with Gasteiger partial charge in [-0.05, 0) is 50.4 Å². The second kappa shape index (κ2) is 7.15. The molecule has 0 aliphatic heterocycles. The van der Waals surface area contributed by atoms with E-state index in [1.54, 1.807) is 11.3 Å². The number of hydrogen-bond donors (Lipinski definition) is 2. The number of thiophene rings is 1. The molecular weight excluding hydrogens is 306 g/mol. The molecule has 1 fully saturated rings. The van der Waals surface area contributed by atoms with Gasteiger partial charge in [0.05, 0.1) is 5.69 Å². The van der Waals surface area contributed by atoms with Crippen LogP contribution in [0.2, 0.25) is 0 Å². The van der Waals surface area contributed by atoms with Gasteiger partial charge in [0.2, 0.25) is 0 Å². The van der Waals surface area contributed by atoms with Crippen LogP contribution in [0.3, 0.4) is 0 Å². The zero-order valence-corrected chi connectivity index (χ0v) is 14.4. The lowest BCUT2D eigenvalue weighted by Crippen LogP contribution is -2.45. The molecule has 0 atom stereocenters. The number of anilines is 1. The molecule has 2 amide bonds. The highest BCUT2D eigenvalue weighted by atomic mass is 32.1. The Morgan fingerprint density at radius 3 is 2.70 bits per heavy atom. The van der Waals surface area contributed by atoms with Gasteiger partial charge in [-0.25, -0.2) is 4.79 Å². The van der Waals surface area contributed by atoms with E-state index in [-0.39, 0.29) is 6.03 Å². The molecule has 0 spiro atoms. The van der Waals surface area contributed by atoms with E-state index in [2.05, 4.69) is 35.7 Å². The average molecular weight is 329 g/mol. The zero-order chi connectivity index (χ0) is 16.2. The number of amides is 2. The number of benzene rings is 1. The van der Waals surface area contributed by atoms with E-state index in [9.17, 15) is 4.79 Å². The van der Waals surface area contributed by atoms with Gasteiger partial charge in [0, 0.05) is 23.0 Å². The number of nitrogens with zero attached hydrogens (tertiary/aromatic N) is 1. The molecule has 3 rings (SSSR count). The molecule has 0 saturated heterocycles. The van der Waals surface area contributed by atoms with E-state index >= 15 is 0 Å². The number of carbonyl (C=O) groups excluding carboxylic acids is 1. The van der Waals surface area contributed by atoms with Gasteiger partial charge in [-0.15, -0.1) is 11.3 Å². The molecule has 1 aliphatic carbocycles. The first-order valence-electron chi connectivity index (χ1n) is 7.97. The van der Waals surface area contributed by atoms with Crippen LogP contribution >= 0.6 is 11.3 Å². The van der Waals surface area contributed by atoms with E-state index in [0.29, 0.717) is 12.0 Å². The van der Waals surface area contributed by atoms with Crippen LogP contribution in [0.4, 0.5) is 10.5 Å². The summed E-state index contributed by atoms with van der Waals surface area (Å²) < 4.78 is 0. The normalized spacial score (nSPS) is 20.1. The number of carbonyl (C=O) groups is 1. The second-order valence-electron chi connectivity index (χ2n) is 6.31. The monoisotopic (exact) mass is 329 g/mol. The van der Waals surface area contributed by atoms with Crippen molar-refractivity contribution < 1.29 is 4.79 Å². The summed E-state index contributed by atoms with van der Waals surface area (Å²) in [7, 11) is 4.23. The largest absolute Gasteiger partial charge is 0.338 e. The standard InChI is InChI=1S/C18H23N3OS/c1-21(2)14-10-13(11-14)12-19-18(22)20-16-7-4-3-6-15(16)17-8-5-9-23-17/h3-9,13-14H,10-12H2,1-2H3,(H2,19,20,22). The Labute approximate surface area is 141 Å². The van der Waals surface area contributed by atoms with E-state index in [0.717, 1.165) is 22.7 Å². The highest BCUT2D eigenvalue weighted by Crippen LogP contribution is 2.32. The van der Waals surface area contributed by atoms with Gasteiger partial charge >= 0.3 is 6.03 Å². The lowest BCUT2D eigenvalue weighted by Gasteiger charge is -2.39. The van der Waals surface area contributed by atoms with Crippen molar-refractivity contribution in [2.24, 2.45) is 5.92 Å². The summed E-state index contributed by atoms with van der Waals surface area (Å²) in [6, 6.07) is 12.6. The van der Waals surface area contributed by atoms with Gasteiger partial charge in [-0.2, -0.15) is 0 Å². The molecule has 122 valence electrons. The quantitative estimate of drug-likeness (QED) is 0.874. The molecule has 0 unspecified atom stereocenters. The van der Waals surface area contributed by atoms with Gasteiger partial charge in [0.25, 0.3) is 0 Å². The summed E-state index contributed by atoms with van der Waals surface area (Å²) in [5, 5.41) is 8.03. The van der Waals surface area contributed by atoms with Gasteiger partial charge < -0.3 is 15.5 Å². The second-order valence-corrected chi connectivity index (χ2v) is 7.26. The predicted molar refractivity (Wildman–Crippen MR) is 97.0 cm³/mol. The molecule has 2 N–H and O–H groups in total. The molecule has 5 heteroatoms. The van der Waals surface area contributed by atoms with Gasteiger partial charge in [0.1, 0.15) is 0 Å². The lowest BCUT2D eigenvalue weighted by atomic mass is 9.79. The zero-order valence-electron chi connectivity index (χ0n) is 13.6. The molecule has 0 bridgehead atoms. The van der Waals surface area contributed by atoms with Crippen molar-refractivity contribution in [3.8, 4) is 10.4 Å². The average Bonchev–Trinajstić information content (AvgIpc) is 2.99. The van der Waals surface area contributed by atoms with Crippen LogP contribution in [0.1, 0.15) is 12.8 Å². The van der Waals surface area contributed by atoms with Crippen LogP contribution in [0.5, 0.6) is 0 Å². The summed E-state index contributed by atoms with van der Waals surface area (Å²) in [6.07, 6.45) is 2.33. The van der Waals surface area contributed by atoms with Crippen LogP contribution in [0, 0.1) is 5.92 Å². The van der Waals surface area contributed by atoms with E-state index < -0.39 is 0 Å². The Hall–Kier alpha value is -1.85.